The average molecular weight is 456 g/mol. The minimum atomic E-state index is 0.544. The molecule has 6 heterocycles. The molecule has 2 aliphatic heterocycles. The highest BCUT2D eigenvalue weighted by Crippen LogP contribution is 2.45. The summed E-state index contributed by atoms with van der Waals surface area (Å²) < 4.78 is 4.56. The maximum absolute atomic E-state index is 5.15. The molecule has 0 atom stereocenters. The number of fused-ring (bicyclic) bond motifs is 2. The second-order valence-electron chi connectivity index (χ2n) is 10.3. The van der Waals surface area contributed by atoms with Crippen LogP contribution in [0.25, 0.3) is 16.7 Å². The fourth-order valence-corrected chi connectivity index (χ4v) is 6.48. The largest absolute Gasteiger partial charge is 0.354 e. The predicted octanol–water partition coefficient (Wildman–Crippen LogP) is 4.03. The Morgan fingerprint density at radius 3 is 2.50 bits per heavy atom. The van der Waals surface area contributed by atoms with Crippen LogP contribution in [0.1, 0.15) is 32.1 Å². The molecule has 7 rings (SSSR count). The molecule has 1 spiro atoms. The van der Waals surface area contributed by atoms with Gasteiger partial charge in [0.15, 0.2) is 0 Å². The third-order valence-corrected chi connectivity index (χ3v) is 8.57. The fourth-order valence-electron chi connectivity index (χ4n) is 6.48. The molecule has 1 aliphatic carbocycles. The zero-order valence-corrected chi connectivity index (χ0v) is 19.8. The summed E-state index contributed by atoms with van der Waals surface area (Å²) in [5, 5.41) is 1.24. The van der Waals surface area contributed by atoms with Crippen LogP contribution in [-0.2, 0) is 6.54 Å². The molecule has 3 aliphatic rings. The molecule has 0 unspecified atom stereocenters. The van der Waals surface area contributed by atoms with Crippen molar-refractivity contribution in [3.8, 4) is 0 Å². The van der Waals surface area contributed by atoms with Crippen molar-refractivity contribution in [2.75, 3.05) is 49.1 Å². The molecule has 7 heteroatoms. The molecule has 1 saturated carbocycles. The number of imidazole rings is 1. The Morgan fingerprint density at radius 2 is 1.65 bits per heavy atom. The molecular weight excluding hydrogens is 422 g/mol. The molecule has 2 saturated heterocycles. The molecular formula is C27H33N7. The van der Waals surface area contributed by atoms with Crippen molar-refractivity contribution >= 4 is 28.3 Å². The SMILES string of the molecule is c1cc(N2CCN(c3ccc4ccn(CCN5CCCC56CCC6)c4n3)CC2)n2ccnc2c1. The first-order chi connectivity index (χ1) is 16.8. The van der Waals surface area contributed by atoms with Crippen LogP contribution in [0.2, 0.25) is 0 Å². The summed E-state index contributed by atoms with van der Waals surface area (Å²) in [4.78, 5) is 17.2. The summed E-state index contributed by atoms with van der Waals surface area (Å²) in [5.41, 5.74) is 2.68. The van der Waals surface area contributed by atoms with Gasteiger partial charge >= 0.3 is 0 Å². The maximum atomic E-state index is 5.15. The number of pyridine rings is 2. The van der Waals surface area contributed by atoms with Crippen LogP contribution in [0.4, 0.5) is 11.6 Å². The summed E-state index contributed by atoms with van der Waals surface area (Å²) in [6.45, 7) is 7.36. The molecule has 34 heavy (non-hydrogen) atoms. The van der Waals surface area contributed by atoms with E-state index in [4.69, 9.17) is 4.98 Å². The van der Waals surface area contributed by atoms with Crippen LogP contribution in [0.5, 0.6) is 0 Å². The smallest absolute Gasteiger partial charge is 0.142 e. The van der Waals surface area contributed by atoms with Crippen LogP contribution in [-0.4, -0.2) is 68.6 Å². The average Bonchev–Trinajstić information content (AvgIpc) is 3.60. The van der Waals surface area contributed by atoms with Crippen molar-refractivity contribution in [2.45, 2.75) is 44.2 Å². The number of anilines is 2. The molecule has 4 aromatic heterocycles. The molecule has 0 N–H and O–H groups in total. The van der Waals surface area contributed by atoms with E-state index in [9.17, 15) is 0 Å². The molecule has 4 aromatic rings. The van der Waals surface area contributed by atoms with Crippen molar-refractivity contribution in [2.24, 2.45) is 0 Å². The van der Waals surface area contributed by atoms with E-state index in [2.05, 4.69) is 77.4 Å². The van der Waals surface area contributed by atoms with Crippen molar-refractivity contribution < 1.29 is 0 Å². The predicted molar refractivity (Wildman–Crippen MR) is 137 cm³/mol. The summed E-state index contributed by atoms with van der Waals surface area (Å²) in [6.07, 6.45) is 13.2. The molecule has 0 aromatic carbocycles. The monoisotopic (exact) mass is 455 g/mol. The first-order valence-electron chi connectivity index (χ1n) is 12.9. The van der Waals surface area contributed by atoms with Gasteiger partial charge in [0.1, 0.15) is 22.9 Å². The number of piperazine rings is 1. The maximum Gasteiger partial charge on any atom is 0.142 e. The van der Waals surface area contributed by atoms with E-state index in [0.717, 1.165) is 56.4 Å². The van der Waals surface area contributed by atoms with E-state index in [1.54, 1.807) is 0 Å². The lowest BCUT2D eigenvalue weighted by molar-refractivity contribution is 0.0535. The highest BCUT2D eigenvalue weighted by atomic mass is 15.3. The lowest BCUT2D eigenvalue weighted by atomic mass is 9.75. The Bertz CT molecular complexity index is 1310. The Hall–Kier alpha value is -3.06. The zero-order chi connectivity index (χ0) is 22.5. The number of likely N-dealkylation sites (tertiary alicyclic amines) is 1. The van der Waals surface area contributed by atoms with Crippen molar-refractivity contribution in [1.82, 2.24) is 23.8 Å². The first kappa shape index (κ1) is 20.3. The van der Waals surface area contributed by atoms with E-state index in [1.807, 2.05) is 6.20 Å². The van der Waals surface area contributed by atoms with Crippen LogP contribution in [0, 0.1) is 0 Å². The molecule has 0 radical (unpaired) electrons. The van der Waals surface area contributed by atoms with Gasteiger partial charge in [-0.25, -0.2) is 9.97 Å². The normalized spacial score (nSPS) is 20.6. The lowest BCUT2D eigenvalue weighted by Crippen LogP contribution is -2.50. The van der Waals surface area contributed by atoms with Crippen LogP contribution >= 0.6 is 0 Å². The first-order valence-corrected chi connectivity index (χ1v) is 12.9. The van der Waals surface area contributed by atoms with Gasteiger partial charge in [0, 0.05) is 68.8 Å². The van der Waals surface area contributed by atoms with Crippen LogP contribution < -0.4 is 9.80 Å². The second kappa shape index (κ2) is 8.01. The highest BCUT2D eigenvalue weighted by Gasteiger charge is 2.44. The van der Waals surface area contributed by atoms with Gasteiger partial charge in [0.2, 0.25) is 0 Å². The molecule has 176 valence electrons. The van der Waals surface area contributed by atoms with Gasteiger partial charge in [0.25, 0.3) is 0 Å². The number of aromatic nitrogens is 4. The Labute approximate surface area is 200 Å². The van der Waals surface area contributed by atoms with Crippen molar-refractivity contribution in [3.05, 3.63) is 55.0 Å². The quantitative estimate of drug-likeness (QED) is 0.455. The van der Waals surface area contributed by atoms with Crippen molar-refractivity contribution in [3.63, 3.8) is 0 Å². The molecule has 3 fully saturated rings. The van der Waals surface area contributed by atoms with Gasteiger partial charge in [-0.3, -0.25) is 9.30 Å². The van der Waals surface area contributed by atoms with Gasteiger partial charge in [0.05, 0.1) is 0 Å². The van der Waals surface area contributed by atoms with Gasteiger partial charge < -0.3 is 14.4 Å². The van der Waals surface area contributed by atoms with E-state index < -0.39 is 0 Å². The van der Waals surface area contributed by atoms with Gasteiger partial charge in [-0.15, -0.1) is 0 Å². The Morgan fingerprint density at radius 1 is 0.794 bits per heavy atom. The third-order valence-electron chi connectivity index (χ3n) is 8.57. The number of hydrogen-bond donors (Lipinski definition) is 0. The van der Waals surface area contributed by atoms with Crippen LogP contribution in [0.3, 0.4) is 0 Å². The highest BCUT2D eigenvalue weighted by molar-refractivity contribution is 5.78. The fraction of sp³-hybridized carbons (Fsp3) is 0.481. The minimum absolute atomic E-state index is 0.544. The summed E-state index contributed by atoms with van der Waals surface area (Å²) in [6, 6.07) is 13.0. The van der Waals surface area contributed by atoms with Gasteiger partial charge in [-0.1, -0.05) is 6.07 Å². The van der Waals surface area contributed by atoms with Gasteiger partial charge in [-0.2, -0.15) is 0 Å². The lowest BCUT2D eigenvalue weighted by Gasteiger charge is -2.46. The Kier molecular flexibility index (Phi) is 4.79. The molecule has 0 amide bonds. The van der Waals surface area contributed by atoms with E-state index >= 15 is 0 Å². The third kappa shape index (κ3) is 3.28. The van der Waals surface area contributed by atoms with E-state index in [0.29, 0.717) is 5.54 Å². The second-order valence-corrected chi connectivity index (χ2v) is 10.3. The molecule has 7 nitrogen and oxygen atoms in total. The Balaban J connectivity index is 1.06. The number of hydrogen-bond acceptors (Lipinski definition) is 5. The van der Waals surface area contributed by atoms with E-state index in [-0.39, 0.29) is 0 Å². The minimum Gasteiger partial charge on any atom is -0.354 e. The number of nitrogens with zero attached hydrogens (tertiary/aromatic N) is 7. The summed E-state index contributed by atoms with van der Waals surface area (Å²) in [7, 11) is 0. The standard InChI is InChI=1S/C27H33N7/c1-4-23-28-12-15-34(23)25(5-1)31-18-16-30(17-19-31)24-7-6-22-8-14-32(26(22)29-24)20-21-33-13-3-11-27(33)9-2-10-27/h1,4-8,12,14-15H,2-3,9-11,13,16-21H2. The molecule has 0 bridgehead atoms. The summed E-state index contributed by atoms with van der Waals surface area (Å²) >= 11 is 0. The number of rotatable bonds is 5. The topological polar surface area (TPSA) is 44.8 Å². The summed E-state index contributed by atoms with van der Waals surface area (Å²) in [5.74, 6) is 2.32. The van der Waals surface area contributed by atoms with Gasteiger partial charge in [-0.05, 0) is 69.0 Å². The zero-order valence-electron chi connectivity index (χ0n) is 19.8. The van der Waals surface area contributed by atoms with Crippen molar-refractivity contribution in [1.29, 1.82) is 0 Å². The van der Waals surface area contributed by atoms with E-state index in [1.165, 1.54) is 49.9 Å². The van der Waals surface area contributed by atoms with Crippen LogP contribution in [0.15, 0.2) is 55.0 Å².